The molecule has 1 N–H and O–H groups in total. The molecular formula is C16H13F3N2O5. The lowest BCUT2D eigenvalue weighted by molar-refractivity contribution is -0.384. The maximum absolute atomic E-state index is 12.1. The lowest BCUT2D eigenvalue weighted by Crippen LogP contribution is -2.17. The molecule has 0 aliphatic carbocycles. The first-order valence-corrected chi connectivity index (χ1v) is 7.26. The van der Waals surface area contributed by atoms with Crippen LogP contribution in [0.25, 0.3) is 0 Å². The monoisotopic (exact) mass is 370 g/mol. The molecule has 1 amide bonds. The molecule has 10 heteroatoms. The van der Waals surface area contributed by atoms with Crippen molar-refractivity contribution in [3.63, 3.8) is 0 Å². The summed E-state index contributed by atoms with van der Waals surface area (Å²) in [7, 11) is 0. The molecule has 0 unspecified atom stereocenters. The summed E-state index contributed by atoms with van der Waals surface area (Å²) in [6.45, 7) is 0.0267. The van der Waals surface area contributed by atoms with Gasteiger partial charge in [-0.2, -0.15) is 0 Å². The second kappa shape index (κ2) is 8.19. The molecule has 0 radical (unpaired) electrons. The maximum atomic E-state index is 12.1. The van der Waals surface area contributed by atoms with Gasteiger partial charge in [0.15, 0.2) is 0 Å². The number of nitro groups is 1. The minimum absolute atomic E-state index is 0.0161. The summed E-state index contributed by atoms with van der Waals surface area (Å²) in [6.07, 6.45) is -4.79. The fourth-order valence-electron chi connectivity index (χ4n) is 1.89. The molecule has 0 saturated heterocycles. The quantitative estimate of drug-likeness (QED) is 0.590. The Morgan fingerprint density at radius 2 is 1.62 bits per heavy atom. The zero-order valence-electron chi connectivity index (χ0n) is 13.2. The number of hydrogen-bond acceptors (Lipinski definition) is 5. The summed E-state index contributed by atoms with van der Waals surface area (Å²) in [6, 6.07) is 10.1. The molecule has 2 rings (SSSR count). The van der Waals surface area contributed by atoms with Gasteiger partial charge in [-0.1, -0.05) is 0 Å². The number of benzene rings is 2. The average molecular weight is 370 g/mol. The SMILES string of the molecule is O=C(CCOc1ccc([N+](=O)[O-])cc1)Nc1ccc(OC(F)(F)F)cc1. The van der Waals surface area contributed by atoms with Crippen LogP contribution >= 0.6 is 0 Å². The van der Waals surface area contributed by atoms with E-state index in [9.17, 15) is 28.1 Å². The Kier molecular flexibility index (Phi) is 5.99. The van der Waals surface area contributed by atoms with Gasteiger partial charge in [0.05, 0.1) is 18.0 Å². The number of nitro benzene ring substituents is 1. The molecule has 0 aliphatic heterocycles. The van der Waals surface area contributed by atoms with Gasteiger partial charge in [-0.05, 0) is 36.4 Å². The molecule has 2 aromatic carbocycles. The third-order valence-corrected chi connectivity index (χ3v) is 3.02. The molecule has 0 bridgehead atoms. The van der Waals surface area contributed by atoms with Crippen molar-refractivity contribution in [3.8, 4) is 11.5 Å². The molecule has 0 spiro atoms. The van der Waals surface area contributed by atoms with Crippen molar-refractivity contribution in [1.29, 1.82) is 0 Å². The van der Waals surface area contributed by atoms with Crippen molar-refractivity contribution in [2.24, 2.45) is 0 Å². The topological polar surface area (TPSA) is 90.7 Å². The van der Waals surface area contributed by atoms with Gasteiger partial charge in [0, 0.05) is 17.8 Å². The molecule has 138 valence electrons. The van der Waals surface area contributed by atoms with Crippen LogP contribution in [-0.4, -0.2) is 23.8 Å². The largest absolute Gasteiger partial charge is 0.573 e. The van der Waals surface area contributed by atoms with Gasteiger partial charge >= 0.3 is 6.36 Å². The number of hydrogen-bond donors (Lipinski definition) is 1. The van der Waals surface area contributed by atoms with Crippen molar-refractivity contribution >= 4 is 17.3 Å². The summed E-state index contributed by atoms with van der Waals surface area (Å²) >= 11 is 0. The Morgan fingerprint density at radius 3 is 2.15 bits per heavy atom. The van der Waals surface area contributed by atoms with Crippen molar-refractivity contribution < 1.29 is 32.4 Å². The number of carbonyl (C=O) groups excluding carboxylic acids is 1. The van der Waals surface area contributed by atoms with Crippen LogP contribution < -0.4 is 14.8 Å². The first kappa shape index (κ1) is 19.0. The highest BCUT2D eigenvalue weighted by Crippen LogP contribution is 2.24. The van der Waals surface area contributed by atoms with Gasteiger partial charge in [0.1, 0.15) is 11.5 Å². The number of carbonyl (C=O) groups is 1. The van der Waals surface area contributed by atoms with Crippen LogP contribution in [0.3, 0.4) is 0 Å². The molecule has 0 atom stereocenters. The Bertz CT molecular complexity index is 761. The van der Waals surface area contributed by atoms with Crippen LogP contribution in [0, 0.1) is 10.1 Å². The number of nitrogens with zero attached hydrogens (tertiary/aromatic N) is 1. The summed E-state index contributed by atoms with van der Waals surface area (Å²) in [5.74, 6) is -0.426. The van der Waals surface area contributed by atoms with Gasteiger partial charge in [-0.15, -0.1) is 13.2 Å². The van der Waals surface area contributed by atoms with Gasteiger partial charge in [0.25, 0.3) is 5.69 Å². The van der Waals surface area contributed by atoms with Crippen LogP contribution in [-0.2, 0) is 4.79 Å². The molecular weight excluding hydrogens is 357 g/mol. The van der Waals surface area contributed by atoms with E-state index in [0.29, 0.717) is 11.4 Å². The lowest BCUT2D eigenvalue weighted by Gasteiger charge is -2.10. The maximum Gasteiger partial charge on any atom is 0.573 e. The van der Waals surface area contributed by atoms with E-state index < -0.39 is 22.9 Å². The molecule has 0 fully saturated rings. The third kappa shape index (κ3) is 6.30. The lowest BCUT2D eigenvalue weighted by atomic mass is 10.3. The van der Waals surface area contributed by atoms with Crippen LogP contribution in [0.5, 0.6) is 11.5 Å². The number of ether oxygens (including phenoxy) is 2. The minimum Gasteiger partial charge on any atom is -0.493 e. The van der Waals surface area contributed by atoms with E-state index in [1.165, 1.54) is 36.4 Å². The summed E-state index contributed by atoms with van der Waals surface area (Å²) in [4.78, 5) is 21.8. The highest BCUT2D eigenvalue weighted by Gasteiger charge is 2.30. The predicted octanol–water partition coefficient (Wildman–Crippen LogP) is 3.90. The van der Waals surface area contributed by atoms with Crippen LogP contribution in [0.2, 0.25) is 0 Å². The number of non-ortho nitro benzene ring substituents is 1. The predicted molar refractivity (Wildman–Crippen MR) is 85.0 cm³/mol. The van der Waals surface area contributed by atoms with Crippen LogP contribution in [0.1, 0.15) is 6.42 Å². The molecule has 26 heavy (non-hydrogen) atoms. The number of nitrogens with one attached hydrogen (secondary N) is 1. The van der Waals surface area contributed by atoms with E-state index in [1.807, 2.05) is 0 Å². The number of halogens is 3. The number of anilines is 1. The highest BCUT2D eigenvalue weighted by atomic mass is 19.4. The number of rotatable bonds is 7. The first-order chi connectivity index (χ1) is 12.2. The van der Waals surface area contributed by atoms with Gasteiger partial charge in [-0.25, -0.2) is 0 Å². The Morgan fingerprint density at radius 1 is 1.04 bits per heavy atom. The zero-order valence-corrected chi connectivity index (χ0v) is 13.2. The molecule has 0 heterocycles. The van der Waals surface area contributed by atoms with Crippen LogP contribution in [0.15, 0.2) is 48.5 Å². The van der Waals surface area contributed by atoms with Gasteiger partial charge in [0.2, 0.25) is 5.91 Å². The first-order valence-electron chi connectivity index (χ1n) is 7.26. The minimum atomic E-state index is -4.78. The van der Waals surface area contributed by atoms with Crippen molar-refractivity contribution in [2.75, 3.05) is 11.9 Å². The summed E-state index contributed by atoms with van der Waals surface area (Å²) in [5, 5.41) is 13.0. The fourth-order valence-corrected chi connectivity index (χ4v) is 1.89. The Hall–Kier alpha value is -3.30. The zero-order chi connectivity index (χ0) is 19.2. The number of amides is 1. The standard InChI is InChI=1S/C16H13F3N2O5/c17-16(18,19)26-14-5-1-11(2-6-14)20-15(22)9-10-25-13-7-3-12(4-8-13)21(23)24/h1-8H,9-10H2,(H,20,22). The molecule has 2 aromatic rings. The Balaban J connectivity index is 1.77. The summed E-state index contributed by atoms with van der Waals surface area (Å²) < 4.78 is 45.2. The van der Waals surface area contributed by atoms with Gasteiger partial charge in [-0.3, -0.25) is 14.9 Å². The van der Waals surface area contributed by atoms with E-state index >= 15 is 0 Å². The van der Waals surface area contributed by atoms with Crippen LogP contribution in [0.4, 0.5) is 24.5 Å². The molecule has 7 nitrogen and oxygen atoms in total. The van der Waals surface area contributed by atoms with E-state index in [2.05, 4.69) is 10.1 Å². The second-order valence-electron chi connectivity index (χ2n) is 4.97. The van der Waals surface area contributed by atoms with Gasteiger partial charge < -0.3 is 14.8 Å². The average Bonchev–Trinajstić information content (AvgIpc) is 2.56. The number of alkyl halides is 3. The summed E-state index contributed by atoms with van der Waals surface area (Å²) in [5.41, 5.74) is 0.230. The third-order valence-electron chi connectivity index (χ3n) is 3.02. The normalized spacial score (nSPS) is 10.9. The van der Waals surface area contributed by atoms with Crippen molar-refractivity contribution in [1.82, 2.24) is 0 Å². The molecule has 0 aliphatic rings. The highest BCUT2D eigenvalue weighted by molar-refractivity contribution is 5.90. The smallest absolute Gasteiger partial charge is 0.493 e. The molecule has 0 aromatic heterocycles. The molecule has 0 saturated carbocycles. The fraction of sp³-hybridized carbons (Fsp3) is 0.188. The van der Waals surface area contributed by atoms with Crippen molar-refractivity contribution in [3.05, 3.63) is 58.6 Å². The van der Waals surface area contributed by atoms with E-state index in [1.54, 1.807) is 0 Å². The van der Waals surface area contributed by atoms with E-state index in [0.717, 1.165) is 12.1 Å². The Labute approximate surface area is 145 Å². The van der Waals surface area contributed by atoms with E-state index in [-0.39, 0.29) is 18.7 Å². The van der Waals surface area contributed by atoms with E-state index in [4.69, 9.17) is 4.74 Å². The van der Waals surface area contributed by atoms with Crippen molar-refractivity contribution in [2.45, 2.75) is 12.8 Å². The second-order valence-corrected chi connectivity index (χ2v) is 4.97.